The maximum absolute atomic E-state index is 12.6. The average Bonchev–Trinajstić information content (AvgIpc) is 3.24. The van der Waals surface area contributed by atoms with Crippen molar-refractivity contribution in [1.82, 2.24) is 15.1 Å². The number of nitrogens with zero attached hydrogens (tertiary/aromatic N) is 2. The molecule has 1 aromatic heterocycles. The lowest BCUT2D eigenvalue weighted by atomic mass is 9.91. The van der Waals surface area contributed by atoms with E-state index in [4.69, 9.17) is 9.47 Å². The lowest BCUT2D eigenvalue weighted by molar-refractivity contribution is 0.0518. The molecule has 0 atom stereocenters. The molecular weight excluding hydrogens is 406 g/mol. The monoisotopic (exact) mass is 435 g/mol. The highest BCUT2D eigenvalue weighted by atomic mass is 16.5. The fraction of sp³-hybridized carbons (Fsp3) is 0.320. The van der Waals surface area contributed by atoms with Crippen molar-refractivity contribution in [2.24, 2.45) is 0 Å². The van der Waals surface area contributed by atoms with E-state index < -0.39 is 5.97 Å². The fourth-order valence-electron chi connectivity index (χ4n) is 3.24. The Hall–Kier alpha value is -3.61. The number of ether oxygens (including phenoxy) is 2. The Morgan fingerprint density at radius 1 is 1.06 bits per heavy atom. The number of amides is 1. The second kappa shape index (κ2) is 9.68. The molecule has 168 valence electrons. The van der Waals surface area contributed by atoms with Gasteiger partial charge in [-0.15, -0.1) is 0 Å². The van der Waals surface area contributed by atoms with Crippen molar-refractivity contribution >= 4 is 11.9 Å². The molecule has 0 aliphatic carbocycles. The molecule has 3 rings (SSSR count). The van der Waals surface area contributed by atoms with Gasteiger partial charge in [-0.3, -0.25) is 4.79 Å². The summed E-state index contributed by atoms with van der Waals surface area (Å²) in [6.45, 7) is 8.60. The van der Waals surface area contributed by atoms with Gasteiger partial charge in [-0.05, 0) is 55.0 Å². The summed E-state index contributed by atoms with van der Waals surface area (Å²) in [5.41, 5.74) is 3.13. The minimum atomic E-state index is -0.453. The molecule has 32 heavy (non-hydrogen) atoms. The fourth-order valence-corrected chi connectivity index (χ4v) is 3.24. The van der Waals surface area contributed by atoms with Crippen LogP contribution in [0.2, 0.25) is 0 Å². The van der Waals surface area contributed by atoms with Crippen LogP contribution in [0.4, 0.5) is 0 Å². The molecule has 7 nitrogen and oxygen atoms in total. The Balaban J connectivity index is 1.78. The van der Waals surface area contributed by atoms with Crippen LogP contribution in [0.25, 0.3) is 5.69 Å². The topological polar surface area (TPSA) is 82.5 Å². The first-order valence-corrected chi connectivity index (χ1v) is 10.5. The molecule has 2 aromatic carbocycles. The van der Waals surface area contributed by atoms with Gasteiger partial charge < -0.3 is 14.8 Å². The minimum absolute atomic E-state index is 0.178. The van der Waals surface area contributed by atoms with Crippen molar-refractivity contribution in [1.29, 1.82) is 0 Å². The molecule has 1 N–H and O–H groups in total. The smallest absolute Gasteiger partial charge is 0.358 e. The second-order valence-electron chi connectivity index (χ2n) is 8.38. The number of esters is 1. The number of aromatic nitrogens is 2. The van der Waals surface area contributed by atoms with E-state index in [1.54, 1.807) is 36.9 Å². The van der Waals surface area contributed by atoms with Crippen molar-refractivity contribution in [3.63, 3.8) is 0 Å². The van der Waals surface area contributed by atoms with Crippen molar-refractivity contribution in [2.45, 2.75) is 39.7 Å². The Morgan fingerprint density at radius 2 is 1.78 bits per heavy atom. The van der Waals surface area contributed by atoms with Crippen LogP contribution in [-0.4, -0.2) is 35.4 Å². The summed E-state index contributed by atoms with van der Waals surface area (Å²) in [4.78, 5) is 24.8. The zero-order valence-electron chi connectivity index (χ0n) is 19.1. The Morgan fingerprint density at radius 3 is 2.41 bits per heavy atom. The number of rotatable bonds is 7. The van der Waals surface area contributed by atoms with Gasteiger partial charge in [0, 0.05) is 17.5 Å². The predicted octanol–water partition coefficient (Wildman–Crippen LogP) is 4.29. The SMILES string of the molecule is CCOC(=O)c1cc(C(C)(C)C)n(-c2ccc(C(=O)NCc3cccc(OC)c3)cc2)n1. The van der Waals surface area contributed by atoms with Crippen LogP contribution in [0.15, 0.2) is 54.6 Å². The van der Waals surface area contributed by atoms with Gasteiger partial charge in [-0.1, -0.05) is 32.9 Å². The van der Waals surface area contributed by atoms with Crippen LogP contribution in [0.3, 0.4) is 0 Å². The summed E-state index contributed by atoms with van der Waals surface area (Å²) in [6, 6.07) is 16.4. The zero-order valence-corrected chi connectivity index (χ0v) is 19.1. The van der Waals surface area contributed by atoms with Crippen molar-refractivity contribution in [2.75, 3.05) is 13.7 Å². The predicted molar refractivity (Wildman–Crippen MR) is 122 cm³/mol. The molecule has 0 aliphatic heterocycles. The molecule has 0 radical (unpaired) electrons. The number of benzene rings is 2. The molecule has 3 aromatic rings. The molecule has 0 unspecified atom stereocenters. The van der Waals surface area contributed by atoms with E-state index in [0.29, 0.717) is 12.1 Å². The van der Waals surface area contributed by atoms with Gasteiger partial charge in [-0.2, -0.15) is 5.10 Å². The third-order valence-electron chi connectivity index (χ3n) is 4.92. The van der Waals surface area contributed by atoms with E-state index in [1.807, 2.05) is 36.4 Å². The Labute approximate surface area is 188 Å². The van der Waals surface area contributed by atoms with Crippen molar-refractivity contribution in [3.8, 4) is 11.4 Å². The highest BCUT2D eigenvalue weighted by Crippen LogP contribution is 2.26. The molecular formula is C25H29N3O4. The average molecular weight is 436 g/mol. The van der Waals surface area contributed by atoms with Gasteiger partial charge >= 0.3 is 5.97 Å². The van der Waals surface area contributed by atoms with Gasteiger partial charge in [0.2, 0.25) is 0 Å². The van der Waals surface area contributed by atoms with Crippen LogP contribution in [0.1, 0.15) is 59.8 Å². The first-order valence-electron chi connectivity index (χ1n) is 10.5. The molecule has 0 bridgehead atoms. The van der Waals surface area contributed by atoms with Gasteiger partial charge in [0.1, 0.15) is 5.75 Å². The van der Waals surface area contributed by atoms with Crippen LogP contribution >= 0.6 is 0 Å². The number of carbonyl (C=O) groups is 2. The van der Waals surface area contributed by atoms with Crippen LogP contribution in [-0.2, 0) is 16.7 Å². The van der Waals surface area contributed by atoms with Crippen molar-refractivity contribution in [3.05, 3.63) is 77.1 Å². The Kier molecular flexibility index (Phi) is 6.98. The summed E-state index contributed by atoms with van der Waals surface area (Å²) in [7, 11) is 1.61. The highest BCUT2D eigenvalue weighted by Gasteiger charge is 2.24. The second-order valence-corrected chi connectivity index (χ2v) is 8.38. The normalized spacial score (nSPS) is 11.2. The molecule has 0 spiro atoms. The number of hydrogen-bond acceptors (Lipinski definition) is 5. The van der Waals surface area contributed by atoms with Crippen molar-refractivity contribution < 1.29 is 19.1 Å². The quantitative estimate of drug-likeness (QED) is 0.560. The summed E-state index contributed by atoms with van der Waals surface area (Å²) in [5.74, 6) is 0.116. The minimum Gasteiger partial charge on any atom is -0.497 e. The molecule has 1 heterocycles. The van der Waals surface area contributed by atoms with E-state index in [0.717, 1.165) is 22.7 Å². The first-order chi connectivity index (χ1) is 15.2. The van der Waals surface area contributed by atoms with Gasteiger partial charge in [0.05, 0.1) is 25.1 Å². The van der Waals surface area contributed by atoms with Gasteiger partial charge in [0.15, 0.2) is 5.69 Å². The van der Waals surface area contributed by atoms with Crippen LogP contribution in [0, 0.1) is 0 Å². The van der Waals surface area contributed by atoms with E-state index in [2.05, 4.69) is 31.2 Å². The summed E-state index contributed by atoms with van der Waals surface area (Å²) < 4.78 is 12.0. The largest absolute Gasteiger partial charge is 0.497 e. The molecule has 1 amide bonds. The summed E-state index contributed by atoms with van der Waals surface area (Å²) in [6.07, 6.45) is 0. The molecule has 7 heteroatoms. The Bertz CT molecular complexity index is 1100. The lowest BCUT2D eigenvalue weighted by Crippen LogP contribution is -2.23. The zero-order chi connectivity index (χ0) is 23.3. The number of hydrogen-bond donors (Lipinski definition) is 1. The number of methoxy groups -OCH3 is 1. The van der Waals surface area contributed by atoms with Crippen LogP contribution < -0.4 is 10.1 Å². The molecule has 0 saturated heterocycles. The molecule has 0 saturated carbocycles. The third kappa shape index (κ3) is 5.35. The first kappa shape index (κ1) is 23.1. The maximum Gasteiger partial charge on any atom is 0.358 e. The third-order valence-corrected chi connectivity index (χ3v) is 4.92. The van der Waals surface area contributed by atoms with E-state index >= 15 is 0 Å². The number of carbonyl (C=O) groups excluding carboxylic acids is 2. The summed E-state index contributed by atoms with van der Waals surface area (Å²) >= 11 is 0. The lowest BCUT2D eigenvalue weighted by Gasteiger charge is -2.20. The van der Waals surface area contributed by atoms with Gasteiger partial charge in [0.25, 0.3) is 5.91 Å². The van der Waals surface area contributed by atoms with E-state index in [1.165, 1.54) is 0 Å². The number of nitrogens with one attached hydrogen (secondary N) is 1. The maximum atomic E-state index is 12.6. The standard InChI is InChI=1S/C25H29N3O4/c1-6-32-24(30)21-15-22(25(2,3)4)28(27-21)19-12-10-18(11-13-19)23(29)26-16-17-8-7-9-20(14-17)31-5/h7-15H,6,16H2,1-5H3,(H,26,29). The van der Waals surface area contributed by atoms with Crippen LogP contribution in [0.5, 0.6) is 5.75 Å². The van der Waals surface area contributed by atoms with Gasteiger partial charge in [-0.25, -0.2) is 9.48 Å². The van der Waals surface area contributed by atoms with E-state index in [9.17, 15) is 9.59 Å². The summed E-state index contributed by atoms with van der Waals surface area (Å²) in [5, 5.41) is 7.38. The molecule has 0 aliphatic rings. The highest BCUT2D eigenvalue weighted by molar-refractivity contribution is 5.94. The molecule has 0 fully saturated rings. The van der Waals surface area contributed by atoms with E-state index in [-0.39, 0.29) is 23.6 Å².